The Balaban J connectivity index is 1.78. The zero-order chi connectivity index (χ0) is 17.2. The highest BCUT2D eigenvalue weighted by Crippen LogP contribution is 2.32. The van der Waals surface area contributed by atoms with E-state index in [1.807, 2.05) is 55.5 Å². The van der Waals surface area contributed by atoms with Gasteiger partial charge in [0.2, 0.25) is 5.76 Å². The highest BCUT2D eigenvalue weighted by molar-refractivity contribution is 7.22. The van der Waals surface area contributed by atoms with E-state index in [2.05, 4.69) is 5.16 Å². The number of fused-ring (bicyclic) bond motifs is 1. The van der Waals surface area contributed by atoms with Crippen LogP contribution in [0.4, 0.5) is 5.13 Å². The predicted molar refractivity (Wildman–Crippen MR) is 97.8 cm³/mol. The van der Waals surface area contributed by atoms with Crippen molar-refractivity contribution in [2.45, 2.75) is 13.5 Å². The number of benzene rings is 2. The molecule has 4 rings (SSSR count). The summed E-state index contributed by atoms with van der Waals surface area (Å²) < 4.78 is 6.12. The lowest BCUT2D eigenvalue weighted by Gasteiger charge is -2.18. The number of aryl methyl sites for hydroxylation is 1. The maximum absolute atomic E-state index is 12.9. The van der Waals surface area contributed by atoms with Crippen molar-refractivity contribution in [3.05, 3.63) is 77.7 Å². The number of hydrogen-bond acceptors (Lipinski definition) is 5. The molecule has 0 fully saturated rings. The van der Waals surface area contributed by atoms with Crippen LogP contribution < -0.4 is 4.90 Å². The number of para-hydroxylation sites is 1. The smallest absolute Gasteiger partial charge is 0.298 e. The number of thiazole rings is 1. The average Bonchev–Trinajstić information content (AvgIpc) is 3.30. The minimum atomic E-state index is -0.252. The molecule has 0 radical (unpaired) electrons. The van der Waals surface area contributed by atoms with Crippen LogP contribution in [-0.4, -0.2) is 16.0 Å². The summed E-state index contributed by atoms with van der Waals surface area (Å²) in [5, 5.41) is 4.29. The molecule has 25 heavy (non-hydrogen) atoms. The van der Waals surface area contributed by atoms with Gasteiger partial charge in [0.05, 0.1) is 23.0 Å². The number of hydrogen-bond donors (Lipinski definition) is 0. The third-order valence-corrected chi connectivity index (χ3v) is 4.96. The van der Waals surface area contributed by atoms with Crippen molar-refractivity contribution < 1.29 is 9.32 Å². The molecule has 1 amide bonds. The van der Waals surface area contributed by atoms with Gasteiger partial charge in [0.25, 0.3) is 5.91 Å². The number of nitrogens with zero attached hydrogens (tertiary/aromatic N) is 3. The molecule has 0 saturated heterocycles. The second-order valence-corrected chi connectivity index (χ2v) is 6.68. The molecule has 6 heteroatoms. The first-order valence-corrected chi connectivity index (χ1v) is 8.66. The number of anilines is 1. The summed E-state index contributed by atoms with van der Waals surface area (Å²) in [4.78, 5) is 19.3. The highest BCUT2D eigenvalue weighted by Gasteiger charge is 2.24. The van der Waals surface area contributed by atoms with Gasteiger partial charge in [-0.15, -0.1) is 0 Å². The lowest BCUT2D eigenvalue weighted by atomic mass is 10.2. The van der Waals surface area contributed by atoms with Crippen molar-refractivity contribution in [3.8, 4) is 0 Å². The number of carbonyl (C=O) groups excluding carboxylic acids is 1. The summed E-state index contributed by atoms with van der Waals surface area (Å²) in [5.41, 5.74) is 3.03. The van der Waals surface area contributed by atoms with Crippen LogP contribution in [-0.2, 0) is 6.54 Å². The van der Waals surface area contributed by atoms with Crippen LogP contribution in [0.5, 0.6) is 0 Å². The Morgan fingerprint density at radius 2 is 1.96 bits per heavy atom. The SMILES string of the molecule is Cc1cccc2sc(N(Cc3ccccc3)C(=O)c3ccno3)nc12. The second kappa shape index (κ2) is 6.49. The van der Waals surface area contributed by atoms with Gasteiger partial charge in [-0.3, -0.25) is 9.69 Å². The molecule has 0 aliphatic rings. The van der Waals surface area contributed by atoms with E-state index in [-0.39, 0.29) is 11.7 Å². The molecule has 5 nitrogen and oxygen atoms in total. The first-order valence-electron chi connectivity index (χ1n) is 7.85. The van der Waals surface area contributed by atoms with Crippen molar-refractivity contribution in [2.24, 2.45) is 0 Å². The molecule has 0 aliphatic heterocycles. The molecule has 0 atom stereocenters. The predicted octanol–water partition coefficient (Wildman–Crippen LogP) is 4.44. The Kier molecular flexibility index (Phi) is 4.03. The van der Waals surface area contributed by atoms with Gasteiger partial charge in [0, 0.05) is 6.07 Å². The molecule has 0 spiro atoms. The molecule has 0 bridgehead atoms. The van der Waals surface area contributed by atoms with E-state index in [1.54, 1.807) is 11.0 Å². The van der Waals surface area contributed by atoms with Crippen LogP contribution in [0.15, 0.2) is 65.3 Å². The minimum absolute atomic E-state index is 0.201. The van der Waals surface area contributed by atoms with E-state index >= 15 is 0 Å². The lowest BCUT2D eigenvalue weighted by molar-refractivity contribution is 0.0949. The van der Waals surface area contributed by atoms with Gasteiger partial charge < -0.3 is 4.52 Å². The van der Waals surface area contributed by atoms with Gasteiger partial charge in [-0.2, -0.15) is 0 Å². The molecule has 124 valence electrons. The molecule has 2 aromatic heterocycles. The molecule has 2 aromatic carbocycles. The Labute approximate surface area is 148 Å². The van der Waals surface area contributed by atoms with Gasteiger partial charge in [0.15, 0.2) is 5.13 Å². The lowest BCUT2D eigenvalue weighted by Crippen LogP contribution is -2.30. The van der Waals surface area contributed by atoms with Crippen LogP contribution in [0.3, 0.4) is 0 Å². The highest BCUT2D eigenvalue weighted by atomic mass is 32.1. The number of rotatable bonds is 4. The largest absolute Gasteiger partial charge is 0.351 e. The quantitative estimate of drug-likeness (QED) is 0.546. The fraction of sp³-hybridized carbons (Fsp3) is 0.105. The van der Waals surface area contributed by atoms with Gasteiger partial charge >= 0.3 is 0 Å². The third kappa shape index (κ3) is 3.04. The van der Waals surface area contributed by atoms with E-state index in [9.17, 15) is 4.79 Å². The van der Waals surface area contributed by atoms with Crippen molar-refractivity contribution in [2.75, 3.05) is 4.90 Å². The summed E-state index contributed by atoms with van der Waals surface area (Å²) in [7, 11) is 0. The minimum Gasteiger partial charge on any atom is -0.351 e. The molecular weight excluding hydrogens is 334 g/mol. The average molecular weight is 349 g/mol. The third-order valence-electron chi connectivity index (χ3n) is 3.92. The summed E-state index contributed by atoms with van der Waals surface area (Å²) >= 11 is 1.50. The summed E-state index contributed by atoms with van der Waals surface area (Å²) in [6.45, 7) is 2.44. The van der Waals surface area contributed by atoms with Gasteiger partial charge in [0.1, 0.15) is 0 Å². The number of amides is 1. The molecular formula is C19H15N3O2S. The molecule has 0 aliphatic carbocycles. The Morgan fingerprint density at radius 3 is 2.68 bits per heavy atom. The standard InChI is InChI=1S/C19H15N3O2S/c1-13-6-5-9-16-17(13)21-19(25-16)22(12-14-7-3-2-4-8-14)18(23)15-10-11-20-24-15/h2-11H,12H2,1H3. The first kappa shape index (κ1) is 15.5. The summed E-state index contributed by atoms with van der Waals surface area (Å²) in [6, 6.07) is 17.4. The Hall–Kier alpha value is -2.99. The maximum atomic E-state index is 12.9. The summed E-state index contributed by atoms with van der Waals surface area (Å²) in [6.07, 6.45) is 1.47. The molecule has 0 N–H and O–H groups in total. The van der Waals surface area contributed by atoms with E-state index in [0.29, 0.717) is 11.7 Å². The van der Waals surface area contributed by atoms with Crippen LogP contribution in [0.1, 0.15) is 21.7 Å². The van der Waals surface area contributed by atoms with Crippen LogP contribution >= 0.6 is 11.3 Å². The van der Waals surface area contributed by atoms with Gasteiger partial charge in [-0.25, -0.2) is 4.98 Å². The fourth-order valence-electron chi connectivity index (χ4n) is 2.64. The van der Waals surface area contributed by atoms with Crippen molar-refractivity contribution in [3.63, 3.8) is 0 Å². The Morgan fingerprint density at radius 1 is 1.12 bits per heavy atom. The number of aromatic nitrogens is 2. The van der Waals surface area contributed by atoms with Crippen molar-refractivity contribution in [1.29, 1.82) is 0 Å². The molecule has 0 saturated carbocycles. The monoisotopic (exact) mass is 349 g/mol. The van der Waals surface area contributed by atoms with Crippen LogP contribution in [0, 0.1) is 6.92 Å². The molecule has 0 unspecified atom stereocenters. The second-order valence-electron chi connectivity index (χ2n) is 5.67. The first-order chi connectivity index (χ1) is 12.2. The van der Waals surface area contributed by atoms with Crippen LogP contribution in [0.25, 0.3) is 10.2 Å². The maximum Gasteiger partial charge on any atom is 0.298 e. The summed E-state index contributed by atoms with van der Waals surface area (Å²) in [5.74, 6) is -0.0510. The number of carbonyl (C=O) groups is 1. The van der Waals surface area contributed by atoms with E-state index in [0.717, 1.165) is 21.3 Å². The Bertz CT molecular complexity index is 1010. The molecule has 4 aromatic rings. The van der Waals surface area contributed by atoms with Gasteiger partial charge in [-0.05, 0) is 24.1 Å². The normalized spacial score (nSPS) is 10.9. The molecule has 2 heterocycles. The topological polar surface area (TPSA) is 59.2 Å². The van der Waals surface area contributed by atoms with Crippen LogP contribution in [0.2, 0.25) is 0 Å². The zero-order valence-corrected chi connectivity index (χ0v) is 14.4. The van der Waals surface area contributed by atoms with E-state index in [4.69, 9.17) is 9.51 Å². The van der Waals surface area contributed by atoms with Gasteiger partial charge in [-0.1, -0.05) is 59.0 Å². The zero-order valence-electron chi connectivity index (χ0n) is 13.5. The van der Waals surface area contributed by atoms with E-state index < -0.39 is 0 Å². The van der Waals surface area contributed by atoms with Crippen molar-refractivity contribution >= 4 is 32.6 Å². The van der Waals surface area contributed by atoms with E-state index in [1.165, 1.54) is 17.5 Å². The van der Waals surface area contributed by atoms with Crippen molar-refractivity contribution in [1.82, 2.24) is 10.1 Å². The fourth-order valence-corrected chi connectivity index (χ4v) is 3.68.